The summed E-state index contributed by atoms with van der Waals surface area (Å²) in [7, 11) is -4.08. The number of rotatable bonds is 4. The van der Waals surface area contributed by atoms with Gasteiger partial charge >= 0.3 is 0 Å². The number of benzene rings is 1. The van der Waals surface area contributed by atoms with Gasteiger partial charge in [0.05, 0.1) is 10.5 Å². The van der Waals surface area contributed by atoms with E-state index in [-0.39, 0.29) is 10.5 Å². The second-order valence-corrected chi connectivity index (χ2v) is 9.80. The van der Waals surface area contributed by atoms with Crippen LogP contribution in [0.15, 0.2) is 63.3 Å². The second-order valence-electron chi connectivity index (χ2n) is 7.88. The molecular weight excluding hydrogens is 424 g/mol. The lowest BCUT2D eigenvalue weighted by Crippen LogP contribution is -2.30. The Morgan fingerprint density at radius 1 is 1.06 bits per heavy atom. The van der Waals surface area contributed by atoms with E-state index in [0.29, 0.717) is 11.5 Å². The van der Waals surface area contributed by atoms with Gasteiger partial charge in [0.25, 0.3) is 5.56 Å². The number of nitriles is 1. The zero-order valence-corrected chi connectivity index (χ0v) is 18.7. The summed E-state index contributed by atoms with van der Waals surface area (Å²) in [6.07, 6.45) is 6.92. The van der Waals surface area contributed by atoms with Crippen LogP contribution in [0.1, 0.15) is 36.8 Å². The fraction of sp³-hybridized carbons (Fsp3) is 0.292. The molecule has 3 aromatic rings. The highest BCUT2D eigenvalue weighted by molar-refractivity contribution is 7.95. The zero-order chi connectivity index (χ0) is 22.7. The monoisotopic (exact) mass is 448 g/mol. The summed E-state index contributed by atoms with van der Waals surface area (Å²) in [6.45, 7) is 3.33. The van der Waals surface area contributed by atoms with Crippen LogP contribution in [0.4, 0.5) is 5.82 Å². The topological polar surface area (TPSA) is 95.5 Å². The average Bonchev–Trinajstić information content (AvgIpc) is 3.09. The molecule has 0 atom stereocenters. The van der Waals surface area contributed by atoms with E-state index in [1.54, 1.807) is 36.5 Å². The minimum atomic E-state index is -4.08. The Kier molecular flexibility index (Phi) is 6.10. The Morgan fingerprint density at radius 3 is 2.41 bits per heavy atom. The molecule has 0 saturated carbocycles. The fourth-order valence-corrected chi connectivity index (χ4v) is 5.14. The van der Waals surface area contributed by atoms with Gasteiger partial charge in [-0.3, -0.25) is 9.20 Å². The van der Waals surface area contributed by atoms with E-state index >= 15 is 0 Å². The summed E-state index contributed by atoms with van der Waals surface area (Å²) in [6, 6.07) is 13.2. The van der Waals surface area contributed by atoms with Crippen LogP contribution < -0.4 is 10.5 Å². The van der Waals surface area contributed by atoms with Crippen LogP contribution in [-0.2, 0) is 9.84 Å². The molecule has 8 heteroatoms. The first kappa shape index (κ1) is 21.8. The molecule has 0 amide bonds. The largest absolute Gasteiger partial charge is 0.356 e. The maximum atomic E-state index is 13.5. The van der Waals surface area contributed by atoms with E-state index < -0.39 is 20.3 Å². The first-order chi connectivity index (χ1) is 15.4. The number of fused-ring (bicyclic) bond motifs is 1. The van der Waals surface area contributed by atoms with Gasteiger partial charge in [0, 0.05) is 19.3 Å². The van der Waals surface area contributed by atoms with Crippen molar-refractivity contribution in [2.75, 3.05) is 18.0 Å². The predicted molar refractivity (Wildman–Crippen MR) is 124 cm³/mol. The molecule has 0 radical (unpaired) electrons. The standard InChI is InChI=1S/C24H24N4O3S/c1-18-10-9-15-28-22(18)26-23(27-13-7-2-3-8-14-27)21(24(28)29)16-20(17-25)32(30,31)19-11-5-4-6-12-19/h4-6,9-12,15-16H,2-3,7-8,13-14H2,1H3. The molecule has 1 aromatic carbocycles. The van der Waals surface area contributed by atoms with E-state index in [4.69, 9.17) is 4.98 Å². The van der Waals surface area contributed by atoms with Gasteiger partial charge in [0.1, 0.15) is 22.4 Å². The number of allylic oxidation sites excluding steroid dienone is 1. The third-order valence-corrected chi connectivity index (χ3v) is 7.38. The average molecular weight is 449 g/mol. The van der Waals surface area contributed by atoms with Crippen molar-refractivity contribution in [3.63, 3.8) is 0 Å². The number of aryl methyl sites for hydroxylation is 1. The smallest absolute Gasteiger partial charge is 0.267 e. The Morgan fingerprint density at radius 2 is 1.75 bits per heavy atom. The summed E-state index contributed by atoms with van der Waals surface area (Å²) >= 11 is 0. The molecule has 164 valence electrons. The van der Waals surface area contributed by atoms with E-state index in [1.807, 2.05) is 17.9 Å². The van der Waals surface area contributed by atoms with Crippen LogP contribution in [0.2, 0.25) is 0 Å². The summed E-state index contributed by atoms with van der Waals surface area (Å²) < 4.78 is 27.6. The Hall–Kier alpha value is -3.44. The number of pyridine rings is 1. The maximum Gasteiger partial charge on any atom is 0.267 e. The highest BCUT2D eigenvalue weighted by atomic mass is 32.2. The van der Waals surface area contributed by atoms with Gasteiger partial charge in [-0.25, -0.2) is 13.4 Å². The highest BCUT2D eigenvalue weighted by Gasteiger charge is 2.25. The lowest BCUT2D eigenvalue weighted by atomic mass is 10.2. The second kappa shape index (κ2) is 8.97. The van der Waals surface area contributed by atoms with Crippen LogP contribution in [0, 0.1) is 18.3 Å². The molecule has 1 aliphatic rings. The third kappa shape index (κ3) is 4.04. The van der Waals surface area contributed by atoms with Crippen LogP contribution in [-0.4, -0.2) is 30.9 Å². The van der Waals surface area contributed by atoms with Crippen molar-refractivity contribution in [1.82, 2.24) is 9.38 Å². The SMILES string of the molecule is Cc1cccn2c(=O)c(C=C(C#N)S(=O)(=O)c3ccccc3)c(N3CCCCCC3)nc12. The number of sulfone groups is 1. The number of aromatic nitrogens is 2. The van der Waals surface area contributed by atoms with Crippen LogP contribution in [0.25, 0.3) is 11.7 Å². The molecule has 0 N–H and O–H groups in total. The van der Waals surface area contributed by atoms with Gasteiger partial charge in [-0.1, -0.05) is 37.1 Å². The molecule has 7 nitrogen and oxygen atoms in total. The van der Waals surface area contributed by atoms with Crippen LogP contribution >= 0.6 is 0 Å². The van der Waals surface area contributed by atoms with E-state index in [0.717, 1.165) is 44.3 Å². The Bertz CT molecular complexity index is 1380. The van der Waals surface area contributed by atoms with Crippen molar-refractivity contribution in [3.05, 3.63) is 75.0 Å². The number of anilines is 1. The van der Waals surface area contributed by atoms with Crippen molar-refractivity contribution in [1.29, 1.82) is 5.26 Å². The molecule has 1 fully saturated rings. The minimum Gasteiger partial charge on any atom is -0.356 e. The number of hydrogen-bond acceptors (Lipinski definition) is 6. The van der Waals surface area contributed by atoms with Gasteiger partial charge in [0.15, 0.2) is 0 Å². The summed E-state index contributed by atoms with van der Waals surface area (Å²) in [4.78, 5) is 19.8. The molecular formula is C24H24N4O3S. The molecule has 32 heavy (non-hydrogen) atoms. The number of hydrogen-bond donors (Lipinski definition) is 0. The van der Waals surface area contributed by atoms with E-state index in [9.17, 15) is 18.5 Å². The van der Waals surface area contributed by atoms with Gasteiger partial charge in [0.2, 0.25) is 9.84 Å². The van der Waals surface area contributed by atoms with Crippen molar-refractivity contribution in [2.45, 2.75) is 37.5 Å². The van der Waals surface area contributed by atoms with Gasteiger partial charge < -0.3 is 4.90 Å². The summed E-state index contributed by atoms with van der Waals surface area (Å²) in [5.74, 6) is 0.433. The Balaban J connectivity index is 1.98. The third-order valence-electron chi connectivity index (χ3n) is 5.70. The van der Waals surface area contributed by atoms with Gasteiger partial charge in [-0.2, -0.15) is 5.26 Å². The highest BCUT2D eigenvalue weighted by Crippen LogP contribution is 2.26. The normalized spacial score (nSPS) is 15.4. The lowest BCUT2D eigenvalue weighted by molar-refractivity contribution is 0.603. The minimum absolute atomic E-state index is 0.00816. The molecule has 1 aliphatic heterocycles. The molecule has 0 spiro atoms. The molecule has 1 saturated heterocycles. The summed E-state index contributed by atoms with van der Waals surface area (Å²) in [5.41, 5.74) is 1.09. The molecule has 0 aliphatic carbocycles. The zero-order valence-electron chi connectivity index (χ0n) is 17.9. The van der Waals surface area contributed by atoms with E-state index in [2.05, 4.69) is 0 Å². The van der Waals surface area contributed by atoms with Crippen molar-refractivity contribution < 1.29 is 8.42 Å². The maximum absolute atomic E-state index is 13.5. The van der Waals surface area contributed by atoms with Crippen molar-refractivity contribution in [3.8, 4) is 6.07 Å². The van der Waals surface area contributed by atoms with Crippen molar-refractivity contribution in [2.24, 2.45) is 0 Å². The molecule has 0 bridgehead atoms. The van der Waals surface area contributed by atoms with Gasteiger partial charge in [-0.05, 0) is 49.6 Å². The Labute approximate surface area is 187 Å². The quantitative estimate of drug-likeness (QED) is 0.565. The molecule has 2 aromatic heterocycles. The lowest BCUT2D eigenvalue weighted by Gasteiger charge is -2.24. The van der Waals surface area contributed by atoms with Crippen LogP contribution in [0.5, 0.6) is 0 Å². The first-order valence-corrected chi connectivity index (χ1v) is 12.1. The fourth-order valence-electron chi connectivity index (χ4n) is 3.98. The first-order valence-electron chi connectivity index (χ1n) is 10.6. The molecule has 4 rings (SSSR count). The van der Waals surface area contributed by atoms with Crippen LogP contribution in [0.3, 0.4) is 0 Å². The van der Waals surface area contributed by atoms with Crippen molar-refractivity contribution >= 4 is 27.4 Å². The predicted octanol–water partition coefficient (Wildman–Crippen LogP) is 3.72. The molecule has 0 unspecified atom stereocenters. The van der Waals surface area contributed by atoms with E-state index in [1.165, 1.54) is 22.6 Å². The number of nitrogens with zero attached hydrogens (tertiary/aromatic N) is 4. The summed E-state index contributed by atoms with van der Waals surface area (Å²) in [5, 5.41) is 9.74. The molecule has 3 heterocycles. The van der Waals surface area contributed by atoms with Gasteiger partial charge in [-0.15, -0.1) is 0 Å².